The van der Waals surface area contributed by atoms with Gasteiger partial charge in [-0.05, 0) is 81.1 Å². The Morgan fingerprint density at radius 1 is 0.840 bits per heavy atom. The van der Waals surface area contributed by atoms with Crippen molar-refractivity contribution in [1.29, 1.82) is 0 Å². The van der Waals surface area contributed by atoms with E-state index in [-0.39, 0.29) is 23.0 Å². The van der Waals surface area contributed by atoms with Crippen LogP contribution in [-0.2, 0) is 18.9 Å². The number of ether oxygens (including phenoxy) is 4. The molecule has 0 saturated carbocycles. The molecule has 25 heavy (non-hydrogen) atoms. The van der Waals surface area contributed by atoms with Gasteiger partial charge in [0.1, 0.15) is 0 Å². The summed E-state index contributed by atoms with van der Waals surface area (Å²) >= 11 is 0. The minimum Gasteiger partial charge on any atom is -0.376 e. The molecule has 1 atom stereocenters. The molecule has 1 saturated heterocycles. The van der Waals surface area contributed by atoms with Crippen molar-refractivity contribution in [2.75, 3.05) is 13.2 Å². The van der Waals surface area contributed by atoms with Crippen LogP contribution in [0, 0.1) is 0 Å². The highest BCUT2D eigenvalue weighted by Gasteiger charge is 2.39. The van der Waals surface area contributed by atoms with E-state index in [2.05, 4.69) is 41.5 Å². The molecular weight excluding hydrogens is 318 g/mol. The van der Waals surface area contributed by atoms with Crippen LogP contribution < -0.4 is 5.73 Å². The second-order valence-electron chi connectivity index (χ2n) is 9.74. The SMILES string of the molecule is CC(C)(C)OCCCC(N)(CCOC(C)(C)C)CCC1OC(C)(C)O1. The van der Waals surface area contributed by atoms with Crippen molar-refractivity contribution in [2.45, 2.75) is 116 Å². The third-order valence-electron chi connectivity index (χ3n) is 4.20. The molecule has 1 aliphatic rings. The van der Waals surface area contributed by atoms with E-state index in [0.29, 0.717) is 6.61 Å². The van der Waals surface area contributed by atoms with Gasteiger partial charge in [0.25, 0.3) is 0 Å². The van der Waals surface area contributed by atoms with E-state index in [1.54, 1.807) is 0 Å². The lowest BCUT2D eigenvalue weighted by atomic mass is 9.86. The first kappa shape index (κ1) is 22.8. The molecule has 5 nitrogen and oxygen atoms in total. The van der Waals surface area contributed by atoms with Gasteiger partial charge in [-0.2, -0.15) is 0 Å². The maximum atomic E-state index is 6.73. The predicted molar refractivity (Wildman–Crippen MR) is 101 cm³/mol. The smallest absolute Gasteiger partial charge is 0.169 e. The van der Waals surface area contributed by atoms with Crippen LogP contribution in [0.4, 0.5) is 0 Å². The summed E-state index contributed by atoms with van der Waals surface area (Å²) in [5.41, 5.74) is 6.20. The van der Waals surface area contributed by atoms with Gasteiger partial charge in [0.05, 0.1) is 11.2 Å². The van der Waals surface area contributed by atoms with Crippen LogP contribution in [0.2, 0.25) is 0 Å². The molecule has 0 aliphatic carbocycles. The summed E-state index contributed by atoms with van der Waals surface area (Å²) in [6.45, 7) is 17.7. The fraction of sp³-hybridized carbons (Fsp3) is 1.00. The third-order valence-corrected chi connectivity index (χ3v) is 4.20. The Hall–Kier alpha value is -0.200. The minimum atomic E-state index is -0.447. The van der Waals surface area contributed by atoms with Crippen molar-refractivity contribution in [2.24, 2.45) is 5.73 Å². The van der Waals surface area contributed by atoms with Gasteiger partial charge >= 0.3 is 0 Å². The molecule has 0 spiro atoms. The van der Waals surface area contributed by atoms with Gasteiger partial charge < -0.3 is 24.7 Å². The van der Waals surface area contributed by atoms with Crippen LogP contribution in [0.5, 0.6) is 0 Å². The van der Waals surface area contributed by atoms with Crippen molar-refractivity contribution < 1.29 is 18.9 Å². The predicted octanol–water partition coefficient (Wildman–Crippen LogP) is 4.37. The molecule has 1 aliphatic heterocycles. The topological polar surface area (TPSA) is 62.9 Å². The Morgan fingerprint density at radius 2 is 1.36 bits per heavy atom. The second-order valence-corrected chi connectivity index (χ2v) is 9.74. The second kappa shape index (κ2) is 8.66. The van der Waals surface area contributed by atoms with Crippen LogP contribution in [0.15, 0.2) is 0 Å². The molecule has 1 rings (SSSR count). The molecule has 1 heterocycles. The highest BCUT2D eigenvalue weighted by Crippen LogP contribution is 2.33. The summed E-state index contributed by atoms with van der Waals surface area (Å²) in [6.07, 6.45) is 4.23. The quantitative estimate of drug-likeness (QED) is 0.587. The lowest BCUT2D eigenvalue weighted by molar-refractivity contribution is -0.437. The zero-order valence-corrected chi connectivity index (χ0v) is 17.7. The van der Waals surface area contributed by atoms with Crippen molar-refractivity contribution in [3.8, 4) is 0 Å². The van der Waals surface area contributed by atoms with Crippen molar-refractivity contribution in [3.05, 3.63) is 0 Å². The molecule has 0 aromatic carbocycles. The van der Waals surface area contributed by atoms with E-state index in [1.807, 2.05) is 13.8 Å². The Morgan fingerprint density at radius 3 is 1.84 bits per heavy atom. The van der Waals surface area contributed by atoms with Gasteiger partial charge in [-0.1, -0.05) is 0 Å². The van der Waals surface area contributed by atoms with Crippen LogP contribution >= 0.6 is 0 Å². The molecule has 0 aromatic rings. The minimum absolute atomic E-state index is 0.105. The fourth-order valence-corrected chi connectivity index (χ4v) is 2.90. The fourth-order valence-electron chi connectivity index (χ4n) is 2.90. The Bertz CT molecular complexity index is 389. The summed E-state index contributed by atoms with van der Waals surface area (Å²) in [4.78, 5) is 0. The van der Waals surface area contributed by atoms with Crippen LogP contribution in [-0.4, -0.2) is 42.0 Å². The zero-order valence-electron chi connectivity index (χ0n) is 17.7. The average Bonchev–Trinajstić information content (AvgIpc) is 2.37. The average molecular weight is 360 g/mol. The summed E-state index contributed by atoms with van der Waals surface area (Å²) in [6, 6.07) is 0. The van der Waals surface area contributed by atoms with Gasteiger partial charge in [-0.15, -0.1) is 0 Å². The van der Waals surface area contributed by atoms with E-state index in [1.165, 1.54) is 0 Å². The Balaban J connectivity index is 2.44. The first-order chi connectivity index (χ1) is 11.2. The van der Waals surface area contributed by atoms with E-state index in [4.69, 9.17) is 24.7 Å². The van der Waals surface area contributed by atoms with E-state index in [9.17, 15) is 0 Å². The number of hydrogen-bond acceptors (Lipinski definition) is 5. The third kappa shape index (κ3) is 10.5. The molecule has 1 unspecified atom stereocenters. The first-order valence-electron chi connectivity index (χ1n) is 9.62. The Labute approximate surface area is 154 Å². The monoisotopic (exact) mass is 359 g/mol. The van der Waals surface area contributed by atoms with Gasteiger partial charge in [0.2, 0.25) is 0 Å². The largest absolute Gasteiger partial charge is 0.376 e. The van der Waals surface area contributed by atoms with E-state index in [0.717, 1.165) is 38.7 Å². The first-order valence-corrected chi connectivity index (χ1v) is 9.62. The zero-order chi connectivity index (χ0) is 19.4. The molecule has 0 radical (unpaired) electrons. The molecule has 2 N–H and O–H groups in total. The molecule has 5 heteroatoms. The van der Waals surface area contributed by atoms with E-state index < -0.39 is 5.79 Å². The summed E-state index contributed by atoms with van der Waals surface area (Å²) in [5, 5.41) is 0. The van der Waals surface area contributed by atoms with Crippen LogP contribution in [0.25, 0.3) is 0 Å². The molecule has 0 bridgehead atoms. The molecule has 150 valence electrons. The highest BCUT2D eigenvalue weighted by atomic mass is 16.9. The van der Waals surface area contributed by atoms with Gasteiger partial charge in [0, 0.05) is 25.2 Å². The standard InChI is InChI=1S/C20H41NO4/c1-17(2,3)22-14-9-11-20(21,13-15-23-18(4,5)6)12-10-16-24-19(7,8)25-16/h16H,9-15,21H2,1-8H3. The van der Waals surface area contributed by atoms with Crippen LogP contribution in [0.3, 0.4) is 0 Å². The normalized spacial score (nSPS) is 21.0. The van der Waals surface area contributed by atoms with Crippen molar-refractivity contribution in [3.63, 3.8) is 0 Å². The molecule has 0 amide bonds. The maximum absolute atomic E-state index is 6.73. The highest BCUT2D eigenvalue weighted by molar-refractivity contribution is 4.86. The molecule has 1 fully saturated rings. The summed E-state index contributed by atoms with van der Waals surface area (Å²) in [7, 11) is 0. The Kier molecular flexibility index (Phi) is 7.91. The lowest BCUT2D eigenvalue weighted by Gasteiger charge is -2.44. The number of nitrogens with two attached hydrogens (primary N) is 1. The van der Waals surface area contributed by atoms with Gasteiger partial charge in [-0.25, -0.2) is 0 Å². The summed E-state index contributed by atoms with van der Waals surface area (Å²) in [5.74, 6) is -0.447. The van der Waals surface area contributed by atoms with Crippen LogP contribution in [0.1, 0.15) is 87.5 Å². The van der Waals surface area contributed by atoms with Gasteiger partial charge in [-0.3, -0.25) is 0 Å². The van der Waals surface area contributed by atoms with Crippen molar-refractivity contribution in [1.82, 2.24) is 0 Å². The molecular formula is C20H41NO4. The lowest BCUT2D eigenvalue weighted by Crippen LogP contribution is -2.51. The molecule has 0 aromatic heterocycles. The number of hydrogen-bond donors (Lipinski definition) is 1. The van der Waals surface area contributed by atoms with Gasteiger partial charge in [0.15, 0.2) is 12.1 Å². The number of rotatable bonds is 10. The van der Waals surface area contributed by atoms with Crippen molar-refractivity contribution >= 4 is 0 Å². The maximum Gasteiger partial charge on any atom is 0.169 e. The van der Waals surface area contributed by atoms with E-state index >= 15 is 0 Å². The summed E-state index contributed by atoms with van der Waals surface area (Å²) < 4.78 is 23.2.